The number of para-hydroxylation sites is 1. The first-order valence-corrected chi connectivity index (χ1v) is 14.5. The van der Waals surface area contributed by atoms with Crippen LogP contribution in [-0.2, 0) is 20.8 Å². The number of nitrogens with zero attached hydrogens (tertiary/aromatic N) is 1. The maximum atomic E-state index is 13.6. The molecule has 4 amide bonds. The van der Waals surface area contributed by atoms with Gasteiger partial charge in [0.2, 0.25) is 17.7 Å². The molecular formula is C32H35ClN4O6. The minimum absolute atomic E-state index is 0.121. The predicted octanol–water partition coefficient (Wildman–Crippen LogP) is 2.99. The van der Waals surface area contributed by atoms with E-state index in [1.165, 1.54) is 0 Å². The fourth-order valence-corrected chi connectivity index (χ4v) is 4.75. The molecule has 1 heterocycles. The number of hydrogen-bond donors (Lipinski definition) is 3. The van der Waals surface area contributed by atoms with Gasteiger partial charge < -0.3 is 30.3 Å². The molecule has 1 aliphatic rings. The van der Waals surface area contributed by atoms with Crippen LogP contribution in [-0.4, -0.2) is 73.5 Å². The first kappa shape index (κ1) is 31.4. The molecule has 3 N–H and O–H groups in total. The SMILES string of the molecule is CCN1CCOc2ccccc2C(=O)N[C@H](C(=O)NCCOc2ccc(Cl)cc2)CC(=O)N[C@H](Cc2ccccc2)C1=O. The Kier molecular flexibility index (Phi) is 11.4. The normalized spacial score (nSPS) is 17.9. The maximum Gasteiger partial charge on any atom is 0.255 e. The Morgan fingerprint density at radius 1 is 1.00 bits per heavy atom. The van der Waals surface area contributed by atoms with E-state index in [9.17, 15) is 19.2 Å². The van der Waals surface area contributed by atoms with E-state index in [1.807, 2.05) is 37.3 Å². The van der Waals surface area contributed by atoms with Crippen LogP contribution in [0.3, 0.4) is 0 Å². The third-order valence-electron chi connectivity index (χ3n) is 6.85. The number of fused-ring (bicyclic) bond motifs is 1. The molecule has 10 nitrogen and oxygen atoms in total. The molecule has 0 fully saturated rings. The van der Waals surface area contributed by atoms with Gasteiger partial charge in [0.05, 0.1) is 25.1 Å². The summed E-state index contributed by atoms with van der Waals surface area (Å²) in [6.07, 6.45) is -0.125. The van der Waals surface area contributed by atoms with E-state index in [-0.39, 0.29) is 50.6 Å². The Bertz CT molecular complexity index is 1400. The van der Waals surface area contributed by atoms with Gasteiger partial charge in [-0.2, -0.15) is 0 Å². The molecule has 0 aliphatic carbocycles. The van der Waals surface area contributed by atoms with Crippen LogP contribution in [0.25, 0.3) is 0 Å². The molecule has 11 heteroatoms. The second kappa shape index (κ2) is 15.6. The number of halogens is 1. The summed E-state index contributed by atoms with van der Waals surface area (Å²) in [7, 11) is 0. The molecule has 0 saturated carbocycles. The molecule has 4 rings (SSSR count). The Balaban J connectivity index is 1.53. The lowest BCUT2D eigenvalue weighted by Crippen LogP contribution is -2.54. The van der Waals surface area contributed by atoms with E-state index >= 15 is 0 Å². The molecule has 0 unspecified atom stereocenters. The highest BCUT2D eigenvalue weighted by atomic mass is 35.5. The first-order valence-electron chi connectivity index (χ1n) is 14.1. The van der Waals surface area contributed by atoms with Crippen LogP contribution >= 0.6 is 11.6 Å². The largest absolute Gasteiger partial charge is 0.492 e. The van der Waals surface area contributed by atoms with Crippen molar-refractivity contribution in [2.75, 3.05) is 32.8 Å². The van der Waals surface area contributed by atoms with Crippen molar-refractivity contribution >= 4 is 35.2 Å². The third-order valence-corrected chi connectivity index (χ3v) is 7.11. The molecule has 1 aliphatic heterocycles. The summed E-state index contributed by atoms with van der Waals surface area (Å²) >= 11 is 5.90. The van der Waals surface area contributed by atoms with Gasteiger partial charge in [-0.05, 0) is 48.9 Å². The van der Waals surface area contributed by atoms with Gasteiger partial charge >= 0.3 is 0 Å². The number of carbonyl (C=O) groups excluding carboxylic acids is 4. The molecule has 3 aromatic carbocycles. The second-order valence-corrected chi connectivity index (χ2v) is 10.3. The van der Waals surface area contributed by atoms with E-state index in [0.29, 0.717) is 23.1 Å². The molecule has 0 radical (unpaired) electrons. The molecule has 226 valence electrons. The van der Waals surface area contributed by atoms with Crippen LogP contribution in [0, 0.1) is 0 Å². The van der Waals surface area contributed by atoms with Crippen LogP contribution in [0.2, 0.25) is 5.02 Å². The van der Waals surface area contributed by atoms with Crippen molar-refractivity contribution in [1.29, 1.82) is 0 Å². The van der Waals surface area contributed by atoms with Gasteiger partial charge in [0.25, 0.3) is 5.91 Å². The Morgan fingerprint density at radius 3 is 2.47 bits per heavy atom. The van der Waals surface area contributed by atoms with E-state index in [1.54, 1.807) is 53.4 Å². The van der Waals surface area contributed by atoms with E-state index < -0.39 is 29.8 Å². The van der Waals surface area contributed by atoms with Crippen molar-refractivity contribution in [3.8, 4) is 11.5 Å². The zero-order valence-corrected chi connectivity index (χ0v) is 24.6. The lowest BCUT2D eigenvalue weighted by atomic mass is 10.0. The number of rotatable bonds is 8. The zero-order chi connectivity index (χ0) is 30.6. The van der Waals surface area contributed by atoms with Crippen molar-refractivity contribution in [3.63, 3.8) is 0 Å². The Labute approximate surface area is 255 Å². The number of nitrogens with one attached hydrogen (secondary N) is 3. The van der Waals surface area contributed by atoms with Gasteiger partial charge in [-0.1, -0.05) is 54.1 Å². The molecule has 2 atom stereocenters. The van der Waals surface area contributed by atoms with Crippen molar-refractivity contribution in [1.82, 2.24) is 20.9 Å². The Hall–Kier alpha value is -4.57. The Morgan fingerprint density at radius 2 is 1.72 bits per heavy atom. The van der Waals surface area contributed by atoms with Crippen molar-refractivity contribution in [2.24, 2.45) is 0 Å². The molecule has 43 heavy (non-hydrogen) atoms. The fourth-order valence-electron chi connectivity index (χ4n) is 4.62. The molecular weight excluding hydrogens is 572 g/mol. The number of carbonyl (C=O) groups is 4. The summed E-state index contributed by atoms with van der Waals surface area (Å²) in [5, 5.41) is 8.78. The highest BCUT2D eigenvalue weighted by molar-refractivity contribution is 6.30. The van der Waals surface area contributed by atoms with E-state index in [0.717, 1.165) is 5.56 Å². The zero-order valence-electron chi connectivity index (χ0n) is 23.9. The number of likely N-dealkylation sites (N-methyl/N-ethyl adjacent to an activating group) is 1. The van der Waals surface area contributed by atoms with Gasteiger partial charge in [0.1, 0.15) is 36.8 Å². The summed E-state index contributed by atoms with van der Waals surface area (Å²) in [6, 6.07) is 20.7. The molecule has 0 spiro atoms. The van der Waals surface area contributed by atoms with Crippen LogP contribution in [0.1, 0.15) is 29.3 Å². The summed E-state index contributed by atoms with van der Waals surface area (Å²) < 4.78 is 11.5. The average molecular weight is 607 g/mol. The average Bonchev–Trinajstić information content (AvgIpc) is 3.01. The first-order chi connectivity index (χ1) is 20.8. The van der Waals surface area contributed by atoms with Crippen molar-refractivity contribution < 1.29 is 28.7 Å². The van der Waals surface area contributed by atoms with Crippen LogP contribution in [0.5, 0.6) is 11.5 Å². The number of benzene rings is 3. The number of ether oxygens (including phenoxy) is 2. The fraction of sp³-hybridized carbons (Fsp3) is 0.312. The minimum Gasteiger partial charge on any atom is -0.492 e. The summed E-state index contributed by atoms with van der Waals surface area (Å²) in [5.41, 5.74) is 1.08. The third kappa shape index (κ3) is 9.21. The number of amides is 4. The molecule has 0 saturated heterocycles. The molecule has 3 aromatic rings. The maximum absolute atomic E-state index is 13.6. The van der Waals surface area contributed by atoms with Gasteiger partial charge in [-0.15, -0.1) is 0 Å². The van der Waals surface area contributed by atoms with Gasteiger partial charge in [-0.25, -0.2) is 0 Å². The lowest BCUT2D eigenvalue weighted by Gasteiger charge is -2.28. The summed E-state index contributed by atoms with van der Waals surface area (Å²) in [5.74, 6) is -1.07. The van der Waals surface area contributed by atoms with E-state index in [4.69, 9.17) is 21.1 Å². The lowest BCUT2D eigenvalue weighted by molar-refractivity contribution is -0.137. The van der Waals surface area contributed by atoms with Crippen LogP contribution in [0.15, 0.2) is 78.9 Å². The topological polar surface area (TPSA) is 126 Å². The van der Waals surface area contributed by atoms with Gasteiger partial charge in [0.15, 0.2) is 0 Å². The second-order valence-electron chi connectivity index (χ2n) is 9.90. The van der Waals surface area contributed by atoms with Gasteiger partial charge in [0, 0.05) is 18.0 Å². The van der Waals surface area contributed by atoms with Gasteiger partial charge in [-0.3, -0.25) is 19.2 Å². The number of hydrogen-bond acceptors (Lipinski definition) is 6. The standard InChI is InChI=1S/C32H35ClN4O6/c1-2-37-17-19-43-28-11-7-6-10-25(28)30(39)36-26(31(40)34-16-18-42-24-14-12-23(33)13-15-24)21-29(38)35-27(32(37)41)20-22-8-4-3-5-9-22/h3-15,26-27H,2,16-21H2,1H3,(H,34,40)(H,35,38)(H,36,39)/t26-,27+/m0/s1. The highest BCUT2D eigenvalue weighted by Gasteiger charge is 2.30. The predicted molar refractivity (Wildman–Crippen MR) is 162 cm³/mol. The monoisotopic (exact) mass is 606 g/mol. The minimum atomic E-state index is -1.23. The summed E-state index contributed by atoms with van der Waals surface area (Å²) in [4.78, 5) is 55.1. The smallest absolute Gasteiger partial charge is 0.255 e. The van der Waals surface area contributed by atoms with Crippen molar-refractivity contribution in [2.45, 2.75) is 31.8 Å². The van der Waals surface area contributed by atoms with Crippen molar-refractivity contribution in [3.05, 3.63) is 95.0 Å². The molecule has 0 bridgehead atoms. The van der Waals surface area contributed by atoms with E-state index in [2.05, 4.69) is 16.0 Å². The van der Waals surface area contributed by atoms with Crippen LogP contribution in [0.4, 0.5) is 0 Å². The highest BCUT2D eigenvalue weighted by Crippen LogP contribution is 2.19. The summed E-state index contributed by atoms with van der Waals surface area (Å²) in [6.45, 7) is 2.91. The molecule has 0 aromatic heterocycles. The van der Waals surface area contributed by atoms with Crippen LogP contribution < -0.4 is 25.4 Å². The quantitative estimate of drug-likeness (QED) is 0.339.